The Bertz CT molecular complexity index is 1930. The van der Waals surface area contributed by atoms with Crippen molar-refractivity contribution < 1.29 is 22.0 Å². The molecule has 198 valence electrons. The van der Waals surface area contributed by atoms with Gasteiger partial charge in [-0.25, -0.2) is 21.9 Å². The van der Waals surface area contributed by atoms with Gasteiger partial charge < -0.3 is 9.55 Å². The van der Waals surface area contributed by atoms with E-state index in [0.717, 1.165) is 18.2 Å². The van der Waals surface area contributed by atoms with Crippen molar-refractivity contribution >= 4 is 38.4 Å². The summed E-state index contributed by atoms with van der Waals surface area (Å²) in [6.45, 7) is 1.24. The third-order valence-corrected chi connectivity index (χ3v) is 8.00. The van der Waals surface area contributed by atoms with Gasteiger partial charge in [0, 0.05) is 38.8 Å². The average Bonchev–Trinajstić information content (AvgIpc) is 3.19. The molecule has 7 nitrogen and oxygen atoms in total. The summed E-state index contributed by atoms with van der Waals surface area (Å²) in [5, 5.41) is 0.624. The molecule has 0 fully saturated rings. The smallest absolute Gasteiger partial charge is 0.282 e. The third-order valence-electron chi connectivity index (χ3n) is 6.27. The Hall–Kier alpha value is -4.28. The zero-order valence-corrected chi connectivity index (χ0v) is 21.9. The molecule has 1 amide bonds. The zero-order chi connectivity index (χ0) is 27.9. The van der Waals surface area contributed by atoms with Crippen molar-refractivity contribution in [3.63, 3.8) is 0 Å². The molecule has 5 rings (SSSR count). The number of carbonyl (C=O) groups excluding carboxylic acids is 1. The summed E-state index contributed by atoms with van der Waals surface area (Å²) in [5.41, 5.74) is 0.0111. The second-order valence-electron chi connectivity index (χ2n) is 8.82. The molecule has 0 aliphatic rings. The monoisotopic (exact) mass is 567 g/mol. The van der Waals surface area contributed by atoms with Crippen molar-refractivity contribution in [2.24, 2.45) is 0 Å². The number of H-pyrrole nitrogens is 1. The molecular weight excluding hydrogens is 548 g/mol. The quantitative estimate of drug-likeness (QED) is 0.287. The molecule has 2 N–H and O–H groups in total. The topological polar surface area (TPSA) is 101 Å². The van der Waals surface area contributed by atoms with E-state index in [1.807, 2.05) is 0 Å². The molecule has 2 aromatic heterocycles. The first-order valence-corrected chi connectivity index (χ1v) is 13.5. The van der Waals surface area contributed by atoms with Gasteiger partial charge in [-0.3, -0.25) is 9.59 Å². The summed E-state index contributed by atoms with van der Waals surface area (Å²) in [7, 11) is -4.36. The van der Waals surface area contributed by atoms with E-state index in [0.29, 0.717) is 16.5 Å². The van der Waals surface area contributed by atoms with Crippen molar-refractivity contribution in [3.8, 4) is 11.1 Å². The van der Waals surface area contributed by atoms with Crippen molar-refractivity contribution in [2.75, 3.05) is 0 Å². The number of aryl methyl sites for hydroxylation is 1. The summed E-state index contributed by atoms with van der Waals surface area (Å²) in [4.78, 5) is 29.2. The zero-order valence-electron chi connectivity index (χ0n) is 20.3. The van der Waals surface area contributed by atoms with Gasteiger partial charge in [-0.1, -0.05) is 29.8 Å². The molecule has 3 aromatic carbocycles. The van der Waals surface area contributed by atoms with Crippen LogP contribution < -0.4 is 10.3 Å². The number of hydrogen-bond donors (Lipinski definition) is 2. The Kier molecular flexibility index (Phi) is 6.83. The highest BCUT2D eigenvalue weighted by molar-refractivity contribution is 7.90. The Morgan fingerprint density at radius 3 is 2.54 bits per heavy atom. The molecule has 2 heterocycles. The highest BCUT2D eigenvalue weighted by atomic mass is 35.5. The third kappa shape index (κ3) is 4.96. The van der Waals surface area contributed by atoms with Crippen LogP contribution in [-0.2, 0) is 16.6 Å². The predicted octanol–water partition coefficient (Wildman–Crippen LogP) is 5.40. The first kappa shape index (κ1) is 26.3. The van der Waals surface area contributed by atoms with Crippen molar-refractivity contribution in [3.05, 3.63) is 123 Å². The molecule has 0 atom stereocenters. The largest absolute Gasteiger partial charge is 0.331 e. The molecule has 0 aliphatic carbocycles. The van der Waals surface area contributed by atoms with Gasteiger partial charge in [0.05, 0.1) is 11.4 Å². The van der Waals surface area contributed by atoms with E-state index in [9.17, 15) is 26.8 Å². The summed E-state index contributed by atoms with van der Waals surface area (Å²) >= 11 is 6.27. The summed E-state index contributed by atoms with van der Waals surface area (Å²) in [6.07, 6.45) is 1.41. The maximum atomic E-state index is 14.7. The molecule has 39 heavy (non-hydrogen) atoms. The van der Waals surface area contributed by atoms with E-state index in [2.05, 4.69) is 9.71 Å². The SMILES string of the molecule is Cc1ccccc1S(=O)(=O)NC(=O)c1c(-c2ccc[nH]c2=O)c2cc(Cl)ccc2n1Cc1cc(F)ccc1F. The van der Waals surface area contributed by atoms with Gasteiger partial charge in [0.15, 0.2) is 0 Å². The van der Waals surface area contributed by atoms with Gasteiger partial charge in [0.25, 0.3) is 21.5 Å². The number of hydrogen-bond acceptors (Lipinski definition) is 4. The average molecular weight is 568 g/mol. The van der Waals surface area contributed by atoms with E-state index in [4.69, 9.17) is 11.6 Å². The minimum Gasteiger partial charge on any atom is -0.331 e. The fourth-order valence-electron chi connectivity index (χ4n) is 4.54. The first-order chi connectivity index (χ1) is 18.6. The lowest BCUT2D eigenvalue weighted by molar-refractivity contribution is 0.0974. The molecule has 11 heteroatoms. The number of nitrogens with zero attached hydrogens (tertiary/aromatic N) is 1. The second-order valence-corrected chi connectivity index (χ2v) is 10.9. The van der Waals surface area contributed by atoms with E-state index in [1.54, 1.807) is 31.2 Å². The fourth-order valence-corrected chi connectivity index (χ4v) is 5.91. The minimum atomic E-state index is -4.36. The number of carbonyl (C=O) groups is 1. The van der Waals surface area contributed by atoms with Crippen LogP contribution in [0.3, 0.4) is 0 Å². The fraction of sp³-hybridized carbons (Fsp3) is 0.0714. The van der Waals surface area contributed by atoms with Gasteiger partial charge in [0.1, 0.15) is 17.3 Å². The number of rotatable bonds is 6. The summed E-state index contributed by atoms with van der Waals surface area (Å²) in [5.74, 6) is -2.50. The van der Waals surface area contributed by atoms with Gasteiger partial charge in [0.2, 0.25) is 0 Å². The van der Waals surface area contributed by atoms with Crippen LogP contribution in [0.5, 0.6) is 0 Å². The van der Waals surface area contributed by atoms with E-state index >= 15 is 0 Å². The van der Waals surface area contributed by atoms with Gasteiger partial charge in [-0.15, -0.1) is 0 Å². The van der Waals surface area contributed by atoms with E-state index < -0.39 is 33.1 Å². The predicted molar refractivity (Wildman–Crippen MR) is 144 cm³/mol. The maximum absolute atomic E-state index is 14.7. The molecular formula is C28H20ClF2N3O4S. The molecule has 0 radical (unpaired) electrons. The lowest BCUT2D eigenvalue weighted by atomic mass is 10.0. The van der Waals surface area contributed by atoms with Gasteiger partial charge in [-0.05, 0) is 67.1 Å². The summed E-state index contributed by atoms with van der Waals surface area (Å²) < 4.78 is 58.7. The van der Waals surface area contributed by atoms with E-state index in [-0.39, 0.29) is 38.8 Å². The Labute approximate surface area is 226 Å². The first-order valence-electron chi connectivity index (χ1n) is 11.6. The van der Waals surface area contributed by atoms with Crippen molar-refractivity contribution in [2.45, 2.75) is 18.4 Å². The van der Waals surface area contributed by atoms with Crippen molar-refractivity contribution in [1.29, 1.82) is 0 Å². The normalized spacial score (nSPS) is 11.6. The minimum absolute atomic E-state index is 0.0571. The standard InChI is InChI=1S/C28H20ClF2N3O4S/c1-16-5-2-3-7-24(16)39(37,38)33-28(36)26-25(20-6-4-12-32-27(20)35)21-14-18(29)8-11-23(21)34(26)15-17-13-19(30)9-10-22(17)31/h2-14H,15H2,1H3,(H,32,35)(H,33,36). The summed E-state index contributed by atoms with van der Waals surface area (Å²) in [6, 6.07) is 16.6. The maximum Gasteiger partial charge on any atom is 0.282 e. The van der Waals surface area contributed by atoms with Crippen LogP contribution in [-0.4, -0.2) is 23.9 Å². The van der Waals surface area contributed by atoms with E-state index in [1.165, 1.54) is 41.1 Å². The molecule has 0 unspecified atom stereocenters. The van der Waals surface area contributed by atoms with Crippen LogP contribution in [0.25, 0.3) is 22.0 Å². The van der Waals surface area contributed by atoms with Crippen LogP contribution in [0.1, 0.15) is 21.6 Å². The Balaban J connectivity index is 1.80. The number of sulfonamides is 1. The number of fused-ring (bicyclic) bond motifs is 1. The number of amides is 1. The van der Waals surface area contributed by atoms with Crippen LogP contribution in [0.15, 0.2) is 88.7 Å². The van der Waals surface area contributed by atoms with Gasteiger partial charge in [-0.2, -0.15) is 0 Å². The number of aromatic nitrogens is 2. The lowest BCUT2D eigenvalue weighted by Gasteiger charge is -2.14. The molecule has 5 aromatic rings. The number of aromatic amines is 1. The van der Waals surface area contributed by atoms with Gasteiger partial charge >= 0.3 is 0 Å². The van der Waals surface area contributed by atoms with Crippen LogP contribution >= 0.6 is 11.6 Å². The number of benzene rings is 3. The Morgan fingerprint density at radius 1 is 1.03 bits per heavy atom. The highest BCUT2D eigenvalue weighted by Crippen LogP contribution is 2.36. The molecule has 0 aliphatic heterocycles. The molecule has 0 saturated carbocycles. The highest BCUT2D eigenvalue weighted by Gasteiger charge is 2.29. The van der Waals surface area contributed by atoms with Crippen molar-refractivity contribution in [1.82, 2.24) is 14.3 Å². The van der Waals surface area contributed by atoms with Crippen LogP contribution in [0, 0.1) is 18.6 Å². The molecule has 0 bridgehead atoms. The lowest BCUT2D eigenvalue weighted by Crippen LogP contribution is -2.33. The molecule has 0 spiro atoms. The molecule has 0 saturated heterocycles. The number of nitrogens with one attached hydrogen (secondary N) is 2. The van der Waals surface area contributed by atoms with Crippen LogP contribution in [0.2, 0.25) is 5.02 Å². The number of pyridine rings is 1. The second kappa shape index (κ2) is 10.1. The Morgan fingerprint density at radius 2 is 1.79 bits per heavy atom. The van der Waals surface area contributed by atoms with Crippen LogP contribution in [0.4, 0.5) is 8.78 Å². The number of halogens is 3.